The highest BCUT2D eigenvalue weighted by Crippen LogP contribution is 2.38. The molecule has 2 atom stereocenters. The van der Waals surface area contributed by atoms with Crippen LogP contribution in [0.3, 0.4) is 0 Å². The molecule has 2 saturated heterocycles. The lowest BCUT2D eigenvalue weighted by Crippen LogP contribution is -2.44. The molecule has 1 aromatic rings. The van der Waals surface area contributed by atoms with E-state index in [0.29, 0.717) is 11.9 Å². The highest BCUT2D eigenvalue weighted by molar-refractivity contribution is 5.63. The number of nitrogens with zero attached hydrogens (tertiary/aromatic N) is 4. The van der Waals surface area contributed by atoms with E-state index in [1.807, 2.05) is 4.90 Å². The Bertz CT molecular complexity index is 533. The molecule has 0 saturated carbocycles. The molecule has 0 aliphatic carbocycles. The van der Waals surface area contributed by atoms with Gasteiger partial charge in [0, 0.05) is 18.6 Å². The van der Waals surface area contributed by atoms with Crippen LogP contribution in [0.25, 0.3) is 0 Å². The number of anilines is 1. The van der Waals surface area contributed by atoms with Gasteiger partial charge in [-0.25, -0.2) is 4.98 Å². The first-order chi connectivity index (χ1) is 10.2. The Kier molecular flexibility index (Phi) is 3.87. The molecule has 0 spiro atoms. The minimum Gasteiger partial charge on any atom is -0.476 e. The standard InChI is InChI=1S/C13H19N5O3/c1-21-13-11(18(19)20)12(15-8-16-13)17-7-3-5-10(17)9-4-2-6-14-9/h8-10,14H,2-7H2,1H3. The minimum absolute atomic E-state index is 0.0232. The predicted octanol–water partition coefficient (Wildman–Crippen LogP) is 1.11. The average Bonchev–Trinajstić information content (AvgIpc) is 3.16. The molecule has 2 aliphatic heterocycles. The first-order valence-electron chi connectivity index (χ1n) is 7.25. The fourth-order valence-corrected chi connectivity index (χ4v) is 3.39. The van der Waals surface area contributed by atoms with Gasteiger partial charge in [-0.2, -0.15) is 4.98 Å². The number of hydrogen-bond acceptors (Lipinski definition) is 7. The number of hydrogen-bond donors (Lipinski definition) is 1. The van der Waals surface area contributed by atoms with E-state index in [9.17, 15) is 10.1 Å². The highest BCUT2D eigenvalue weighted by atomic mass is 16.6. The van der Waals surface area contributed by atoms with Crippen molar-refractivity contribution >= 4 is 11.5 Å². The molecule has 8 nitrogen and oxygen atoms in total. The molecular formula is C13H19N5O3. The van der Waals surface area contributed by atoms with Gasteiger partial charge in [0.1, 0.15) is 6.33 Å². The third kappa shape index (κ3) is 2.51. The van der Waals surface area contributed by atoms with Gasteiger partial charge in [-0.1, -0.05) is 0 Å². The fourth-order valence-electron chi connectivity index (χ4n) is 3.39. The molecule has 1 aromatic heterocycles. The maximum atomic E-state index is 11.4. The maximum Gasteiger partial charge on any atom is 0.372 e. The van der Waals surface area contributed by atoms with Crippen molar-refractivity contribution in [3.05, 3.63) is 16.4 Å². The highest BCUT2D eigenvalue weighted by Gasteiger charge is 2.38. The number of nitro groups is 1. The number of methoxy groups -OCH3 is 1. The molecular weight excluding hydrogens is 274 g/mol. The summed E-state index contributed by atoms with van der Waals surface area (Å²) in [6.07, 6.45) is 5.65. The Balaban J connectivity index is 1.96. The van der Waals surface area contributed by atoms with E-state index in [1.54, 1.807) is 0 Å². The topological polar surface area (TPSA) is 93.4 Å². The first-order valence-corrected chi connectivity index (χ1v) is 7.25. The van der Waals surface area contributed by atoms with Gasteiger partial charge in [0.2, 0.25) is 5.82 Å². The van der Waals surface area contributed by atoms with Gasteiger partial charge >= 0.3 is 5.69 Å². The SMILES string of the molecule is COc1ncnc(N2CCCC2C2CCCN2)c1[N+](=O)[O-]. The monoisotopic (exact) mass is 293 g/mol. The van der Waals surface area contributed by atoms with E-state index < -0.39 is 4.92 Å². The van der Waals surface area contributed by atoms with Crippen LogP contribution in [0.1, 0.15) is 25.7 Å². The quantitative estimate of drug-likeness (QED) is 0.656. The van der Waals surface area contributed by atoms with Crippen molar-refractivity contribution < 1.29 is 9.66 Å². The van der Waals surface area contributed by atoms with Gasteiger partial charge in [0.05, 0.1) is 12.0 Å². The molecule has 0 bridgehead atoms. The lowest BCUT2D eigenvalue weighted by atomic mass is 10.0. The van der Waals surface area contributed by atoms with Crippen LogP contribution in [-0.2, 0) is 0 Å². The Labute approximate surface area is 122 Å². The summed E-state index contributed by atoms with van der Waals surface area (Å²) in [5, 5.41) is 14.9. The molecule has 0 aromatic carbocycles. The normalized spacial score (nSPS) is 25.3. The number of ether oxygens (including phenoxy) is 1. The molecule has 3 rings (SSSR count). The van der Waals surface area contributed by atoms with Crippen LogP contribution in [0.2, 0.25) is 0 Å². The van der Waals surface area contributed by atoms with Crippen molar-refractivity contribution in [1.82, 2.24) is 15.3 Å². The van der Waals surface area contributed by atoms with Crippen LogP contribution in [0.4, 0.5) is 11.5 Å². The molecule has 0 radical (unpaired) electrons. The summed E-state index contributed by atoms with van der Waals surface area (Å²) in [5.74, 6) is 0.401. The van der Waals surface area contributed by atoms with Crippen LogP contribution in [-0.4, -0.2) is 47.2 Å². The van der Waals surface area contributed by atoms with Crippen molar-refractivity contribution in [1.29, 1.82) is 0 Å². The van der Waals surface area contributed by atoms with Gasteiger partial charge in [-0.3, -0.25) is 10.1 Å². The van der Waals surface area contributed by atoms with Gasteiger partial charge in [0.15, 0.2) is 0 Å². The largest absolute Gasteiger partial charge is 0.476 e. The summed E-state index contributed by atoms with van der Waals surface area (Å²) < 4.78 is 5.03. The van der Waals surface area contributed by atoms with Crippen molar-refractivity contribution in [3.63, 3.8) is 0 Å². The molecule has 1 N–H and O–H groups in total. The zero-order chi connectivity index (χ0) is 14.8. The summed E-state index contributed by atoms with van der Waals surface area (Å²) in [6.45, 7) is 1.80. The van der Waals surface area contributed by atoms with Crippen molar-refractivity contribution in [3.8, 4) is 5.88 Å². The summed E-state index contributed by atoms with van der Waals surface area (Å²) in [5.41, 5.74) is -0.134. The predicted molar refractivity (Wildman–Crippen MR) is 76.6 cm³/mol. The smallest absolute Gasteiger partial charge is 0.372 e. The van der Waals surface area contributed by atoms with Crippen molar-refractivity contribution in [2.45, 2.75) is 37.8 Å². The lowest BCUT2D eigenvalue weighted by molar-refractivity contribution is -0.385. The summed E-state index contributed by atoms with van der Waals surface area (Å²) in [7, 11) is 1.39. The van der Waals surface area contributed by atoms with E-state index in [1.165, 1.54) is 13.4 Å². The van der Waals surface area contributed by atoms with Crippen molar-refractivity contribution in [2.24, 2.45) is 0 Å². The van der Waals surface area contributed by atoms with Crippen LogP contribution < -0.4 is 15.0 Å². The zero-order valence-electron chi connectivity index (χ0n) is 12.0. The number of rotatable bonds is 4. The summed E-state index contributed by atoms with van der Waals surface area (Å²) in [4.78, 5) is 21.0. The summed E-state index contributed by atoms with van der Waals surface area (Å²) in [6, 6.07) is 0.638. The Hall–Kier alpha value is -1.96. The van der Waals surface area contributed by atoms with Crippen LogP contribution in [0.15, 0.2) is 6.33 Å². The molecule has 21 heavy (non-hydrogen) atoms. The van der Waals surface area contributed by atoms with Gasteiger partial charge in [0.25, 0.3) is 5.88 Å². The van der Waals surface area contributed by atoms with Crippen LogP contribution >= 0.6 is 0 Å². The van der Waals surface area contributed by atoms with Gasteiger partial charge < -0.3 is 15.0 Å². The second-order valence-corrected chi connectivity index (χ2v) is 5.42. The third-order valence-corrected chi connectivity index (χ3v) is 4.28. The molecule has 8 heteroatoms. The molecule has 3 heterocycles. The number of aromatic nitrogens is 2. The van der Waals surface area contributed by atoms with Crippen molar-refractivity contribution in [2.75, 3.05) is 25.1 Å². The molecule has 2 fully saturated rings. The van der Waals surface area contributed by atoms with Crippen LogP contribution in [0, 0.1) is 10.1 Å². The second kappa shape index (κ2) is 5.80. The molecule has 2 unspecified atom stereocenters. The molecule has 0 amide bonds. The molecule has 114 valence electrons. The zero-order valence-corrected chi connectivity index (χ0v) is 12.0. The first kappa shape index (κ1) is 14.0. The van der Waals surface area contributed by atoms with E-state index in [4.69, 9.17) is 4.74 Å². The van der Waals surface area contributed by atoms with Gasteiger partial charge in [-0.05, 0) is 32.2 Å². The molecule has 2 aliphatic rings. The van der Waals surface area contributed by atoms with E-state index >= 15 is 0 Å². The van der Waals surface area contributed by atoms with Gasteiger partial charge in [-0.15, -0.1) is 0 Å². The lowest BCUT2D eigenvalue weighted by Gasteiger charge is -2.30. The summed E-state index contributed by atoms with van der Waals surface area (Å²) >= 11 is 0. The Morgan fingerprint density at radius 3 is 2.95 bits per heavy atom. The van der Waals surface area contributed by atoms with E-state index in [2.05, 4.69) is 15.3 Å². The van der Waals surface area contributed by atoms with E-state index in [-0.39, 0.29) is 17.6 Å². The fraction of sp³-hybridized carbons (Fsp3) is 0.692. The average molecular weight is 293 g/mol. The Morgan fingerprint density at radius 1 is 1.43 bits per heavy atom. The number of nitrogens with one attached hydrogen (secondary N) is 1. The van der Waals surface area contributed by atoms with E-state index in [0.717, 1.165) is 38.8 Å². The Morgan fingerprint density at radius 2 is 2.29 bits per heavy atom. The third-order valence-electron chi connectivity index (χ3n) is 4.28. The minimum atomic E-state index is -0.453. The maximum absolute atomic E-state index is 11.4. The van der Waals surface area contributed by atoms with Crippen LogP contribution in [0.5, 0.6) is 5.88 Å². The second-order valence-electron chi connectivity index (χ2n) is 5.42.